The maximum Gasteiger partial charge on any atom is 0.160 e. The molecule has 1 saturated carbocycles. The summed E-state index contributed by atoms with van der Waals surface area (Å²) in [6, 6.07) is 6.12. The Labute approximate surface area is 127 Å². The molecule has 21 heavy (non-hydrogen) atoms. The van der Waals surface area contributed by atoms with Crippen LogP contribution in [-0.2, 0) is 0 Å². The number of aromatic hydroxyl groups is 1. The molecular formula is C18H27NO2. The summed E-state index contributed by atoms with van der Waals surface area (Å²) in [6.45, 7) is 4.66. The number of rotatable bonds is 3. The zero-order valence-electron chi connectivity index (χ0n) is 13.3. The van der Waals surface area contributed by atoms with Gasteiger partial charge in [0.05, 0.1) is 7.11 Å². The van der Waals surface area contributed by atoms with E-state index in [9.17, 15) is 5.11 Å². The fraction of sp³-hybridized carbons (Fsp3) is 0.667. The summed E-state index contributed by atoms with van der Waals surface area (Å²) in [4.78, 5) is 2.58. The summed E-state index contributed by atoms with van der Waals surface area (Å²) >= 11 is 0. The Morgan fingerprint density at radius 3 is 2.43 bits per heavy atom. The standard InChI is InChI=1S/C18H27NO2/c1-14(15-5-6-16(20)17(13-15)21-2)19-11-9-18(10-12-19)7-3-4-8-18/h5-6,13-14,20H,3-4,7-12H2,1-2H3. The van der Waals surface area contributed by atoms with Crippen LogP contribution in [0.2, 0.25) is 0 Å². The molecule has 0 radical (unpaired) electrons. The Balaban J connectivity index is 1.67. The van der Waals surface area contributed by atoms with E-state index in [1.54, 1.807) is 13.2 Å². The van der Waals surface area contributed by atoms with Gasteiger partial charge in [-0.2, -0.15) is 0 Å². The van der Waals surface area contributed by atoms with Gasteiger partial charge in [-0.3, -0.25) is 4.90 Å². The van der Waals surface area contributed by atoms with E-state index in [1.807, 2.05) is 12.1 Å². The van der Waals surface area contributed by atoms with Crippen molar-refractivity contribution in [3.63, 3.8) is 0 Å². The highest BCUT2D eigenvalue weighted by atomic mass is 16.5. The van der Waals surface area contributed by atoms with Crippen LogP contribution < -0.4 is 4.74 Å². The Morgan fingerprint density at radius 1 is 1.14 bits per heavy atom. The maximum absolute atomic E-state index is 9.73. The monoisotopic (exact) mass is 289 g/mol. The Bertz CT molecular complexity index is 484. The maximum atomic E-state index is 9.73. The topological polar surface area (TPSA) is 32.7 Å². The van der Waals surface area contributed by atoms with Crippen LogP contribution in [0.25, 0.3) is 0 Å². The van der Waals surface area contributed by atoms with Crippen LogP contribution >= 0.6 is 0 Å². The molecule has 3 rings (SSSR count). The predicted octanol–water partition coefficient (Wildman–Crippen LogP) is 4.12. The molecule has 2 aliphatic rings. The predicted molar refractivity (Wildman–Crippen MR) is 84.8 cm³/mol. The van der Waals surface area contributed by atoms with Crippen molar-refractivity contribution < 1.29 is 9.84 Å². The van der Waals surface area contributed by atoms with Crippen LogP contribution in [0, 0.1) is 5.41 Å². The lowest BCUT2D eigenvalue weighted by Gasteiger charge is -2.42. The van der Waals surface area contributed by atoms with Gasteiger partial charge in [0, 0.05) is 6.04 Å². The molecule has 1 unspecified atom stereocenters. The Morgan fingerprint density at radius 2 is 1.81 bits per heavy atom. The molecule has 1 N–H and O–H groups in total. The summed E-state index contributed by atoms with van der Waals surface area (Å²) in [7, 11) is 1.61. The number of phenols is 1. The summed E-state index contributed by atoms with van der Waals surface area (Å²) < 4.78 is 5.23. The van der Waals surface area contributed by atoms with Crippen LogP contribution in [0.5, 0.6) is 11.5 Å². The molecule has 0 aromatic heterocycles. The first kappa shape index (κ1) is 14.7. The second-order valence-corrected chi connectivity index (χ2v) is 6.85. The van der Waals surface area contributed by atoms with Crippen molar-refractivity contribution in [3.8, 4) is 11.5 Å². The van der Waals surface area contributed by atoms with Crippen LogP contribution in [0.1, 0.15) is 57.1 Å². The molecule has 116 valence electrons. The number of benzene rings is 1. The number of phenolic OH excluding ortho intramolecular Hbond substituents is 1. The average molecular weight is 289 g/mol. The van der Waals surface area contributed by atoms with E-state index >= 15 is 0 Å². The zero-order valence-corrected chi connectivity index (χ0v) is 13.3. The lowest BCUT2D eigenvalue weighted by atomic mass is 9.76. The van der Waals surface area contributed by atoms with Gasteiger partial charge in [0.2, 0.25) is 0 Å². The van der Waals surface area contributed by atoms with E-state index in [4.69, 9.17) is 4.74 Å². The number of hydrogen-bond acceptors (Lipinski definition) is 3. The van der Waals surface area contributed by atoms with Crippen molar-refractivity contribution in [1.82, 2.24) is 4.90 Å². The smallest absolute Gasteiger partial charge is 0.160 e. The molecule has 1 saturated heterocycles. The molecule has 3 heteroatoms. The van der Waals surface area contributed by atoms with E-state index in [-0.39, 0.29) is 5.75 Å². The number of likely N-dealkylation sites (tertiary alicyclic amines) is 1. The first-order chi connectivity index (χ1) is 10.1. The van der Waals surface area contributed by atoms with Crippen molar-refractivity contribution in [2.45, 2.75) is 51.5 Å². The number of nitrogens with zero attached hydrogens (tertiary/aromatic N) is 1. The molecule has 0 amide bonds. The molecule has 3 nitrogen and oxygen atoms in total. The van der Waals surface area contributed by atoms with Gasteiger partial charge >= 0.3 is 0 Å². The SMILES string of the molecule is COc1cc(C(C)N2CCC3(CCCC3)CC2)ccc1O. The third-order valence-electron chi connectivity index (χ3n) is 5.76. The van der Waals surface area contributed by atoms with Gasteiger partial charge < -0.3 is 9.84 Å². The van der Waals surface area contributed by atoms with Crippen LogP contribution in [0.15, 0.2) is 18.2 Å². The molecule has 1 aliphatic carbocycles. The van der Waals surface area contributed by atoms with Gasteiger partial charge in [-0.25, -0.2) is 0 Å². The average Bonchev–Trinajstić information content (AvgIpc) is 2.96. The number of methoxy groups -OCH3 is 1. The molecule has 0 bridgehead atoms. The highest BCUT2D eigenvalue weighted by molar-refractivity contribution is 5.42. The van der Waals surface area contributed by atoms with Crippen molar-refractivity contribution >= 4 is 0 Å². The van der Waals surface area contributed by atoms with Gasteiger partial charge in [-0.05, 0) is 68.8 Å². The second kappa shape index (κ2) is 5.88. The van der Waals surface area contributed by atoms with Crippen molar-refractivity contribution in [3.05, 3.63) is 23.8 Å². The lowest BCUT2D eigenvalue weighted by molar-refractivity contribution is 0.0813. The highest BCUT2D eigenvalue weighted by Crippen LogP contribution is 2.47. The Hall–Kier alpha value is -1.22. The third-order valence-corrected chi connectivity index (χ3v) is 5.76. The van der Waals surface area contributed by atoms with Gasteiger partial charge in [0.25, 0.3) is 0 Å². The normalized spacial score (nSPS) is 23.3. The van der Waals surface area contributed by atoms with Crippen molar-refractivity contribution in [2.75, 3.05) is 20.2 Å². The number of piperidine rings is 1. The summed E-state index contributed by atoms with van der Waals surface area (Å²) in [5.41, 5.74) is 1.90. The fourth-order valence-corrected chi connectivity index (χ4v) is 4.18. The van der Waals surface area contributed by atoms with E-state index < -0.39 is 0 Å². The lowest BCUT2D eigenvalue weighted by Crippen LogP contribution is -2.40. The summed E-state index contributed by atoms with van der Waals surface area (Å²) in [5, 5.41) is 9.73. The van der Waals surface area contributed by atoms with Gasteiger partial charge in [-0.1, -0.05) is 18.9 Å². The molecule has 1 heterocycles. The molecule has 2 fully saturated rings. The van der Waals surface area contributed by atoms with Gasteiger partial charge in [0.15, 0.2) is 11.5 Å². The zero-order chi connectivity index (χ0) is 14.9. The minimum atomic E-state index is 0.219. The van der Waals surface area contributed by atoms with Crippen LogP contribution in [-0.4, -0.2) is 30.2 Å². The summed E-state index contributed by atoms with van der Waals surface area (Å²) in [6.07, 6.45) is 8.47. The van der Waals surface area contributed by atoms with Gasteiger partial charge in [-0.15, -0.1) is 0 Å². The highest BCUT2D eigenvalue weighted by Gasteiger charge is 2.37. The van der Waals surface area contributed by atoms with Crippen molar-refractivity contribution in [2.24, 2.45) is 5.41 Å². The first-order valence-corrected chi connectivity index (χ1v) is 8.24. The van der Waals surface area contributed by atoms with E-state index in [0.29, 0.717) is 17.2 Å². The number of ether oxygens (including phenoxy) is 1. The minimum absolute atomic E-state index is 0.219. The van der Waals surface area contributed by atoms with Crippen LogP contribution in [0.4, 0.5) is 0 Å². The van der Waals surface area contributed by atoms with Gasteiger partial charge in [0.1, 0.15) is 0 Å². The van der Waals surface area contributed by atoms with E-state index in [2.05, 4.69) is 11.8 Å². The van der Waals surface area contributed by atoms with Crippen molar-refractivity contribution in [1.29, 1.82) is 0 Å². The van der Waals surface area contributed by atoms with E-state index in [1.165, 1.54) is 57.2 Å². The second-order valence-electron chi connectivity index (χ2n) is 6.85. The fourth-order valence-electron chi connectivity index (χ4n) is 4.18. The Kier molecular flexibility index (Phi) is 4.12. The third kappa shape index (κ3) is 2.89. The molecule has 1 aromatic rings. The molecule has 1 aromatic carbocycles. The first-order valence-electron chi connectivity index (χ1n) is 8.24. The largest absolute Gasteiger partial charge is 0.504 e. The molecular weight excluding hydrogens is 262 g/mol. The molecule has 1 atom stereocenters. The molecule has 1 aliphatic heterocycles. The van der Waals surface area contributed by atoms with E-state index in [0.717, 1.165) is 0 Å². The quantitative estimate of drug-likeness (QED) is 0.908. The van der Waals surface area contributed by atoms with Crippen LogP contribution in [0.3, 0.4) is 0 Å². The summed E-state index contributed by atoms with van der Waals surface area (Å²) in [5.74, 6) is 0.792. The molecule has 1 spiro atoms. The minimum Gasteiger partial charge on any atom is -0.504 e. The number of hydrogen-bond donors (Lipinski definition) is 1.